The van der Waals surface area contributed by atoms with Gasteiger partial charge in [0.25, 0.3) is 10.0 Å². The third-order valence-corrected chi connectivity index (χ3v) is 3.93. The Bertz CT molecular complexity index is 786. The highest BCUT2D eigenvalue weighted by Crippen LogP contribution is 2.28. The predicted molar refractivity (Wildman–Crippen MR) is 69.6 cm³/mol. The summed E-state index contributed by atoms with van der Waals surface area (Å²) >= 11 is 0. The van der Waals surface area contributed by atoms with Crippen LogP contribution in [0.1, 0.15) is 0 Å². The van der Waals surface area contributed by atoms with E-state index in [9.17, 15) is 21.6 Å². The molecule has 0 aliphatic carbocycles. The Morgan fingerprint density at radius 2 is 1.62 bits per heavy atom. The van der Waals surface area contributed by atoms with Crippen LogP contribution in [0.5, 0.6) is 5.75 Å². The standard InChI is InChI=1S/C12H9F3N2O3S/c13-6-3-8(14)12(9(15)4-6)21(19,20)17-11-2-1-7(18)5-10(11)16/h1-5,17-18H,16H2. The van der Waals surface area contributed by atoms with Crippen LogP contribution in [-0.4, -0.2) is 13.5 Å². The van der Waals surface area contributed by atoms with E-state index in [-0.39, 0.29) is 29.3 Å². The van der Waals surface area contributed by atoms with Crippen LogP contribution in [0.15, 0.2) is 35.2 Å². The zero-order chi connectivity index (χ0) is 15.8. The van der Waals surface area contributed by atoms with Crippen LogP contribution in [0.4, 0.5) is 24.5 Å². The quantitative estimate of drug-likeness (QED) is 0.597. The third-order valence-electron chi connectivity index (χ3n) is 2.51. The molecule has 2 aromatic carbocycles. The fourth-order valence-corrected chi connectivity index (χ4v) is 2.83. The molecule has 0 spiro atoms. The largest absolute Gasteiger partial charge is 0.508 e. The lowest BCUT2D eigenvalue weighted by atomic mass is 10.2. The van der Waals surface area contributed by atoms with E-state index in [2.05, 4.69) is 0 Å². The highest BCUT2D eigenvalue weighted by Gasteiger charge is 2.25. The Labute approximate surface area is 117 Å². The van der Waals surface area contributed by atoms with Gasteiger partial charge in [-0.05, 0) is 12.1 Å². The molecule has 0 radical (unpaired) electrons. The summed E-state index contributed by atoms with van der Waals surface area (Å²) in [5.41, 5.74) is 5.14. The summed E-state index contributed by atoms with van der Waals surface area (Å²) in [5, 5.41) is 9.15. The molecule has 0 saturated heterocycles. The number of hydrogen-bond donors (Lipinski definition) is 3. The number of nitrogen functional groups attached to an aromatic ring is 1. The first-order chi connectivity index (χ1) is 9.70. The van der Waals surface area contributed by atoms with Crippen molar-refractivity contribution in [3.05, 3.63) is 47.8 Å². The molecule has 0 aromatic heterocycles. The number of rotatable bonds is 3. The van der Waals surface area contributed by atoms with E-state index in [0.717, 1.165) is 18.2 Å². The minimum absolute atomic E-state index is 0.151. The number of benzene rings is 2. The summed E-state index contributed by atoms with van der Waals surface area (Å²) in [7, 11) is -4.66. The molecule has 0 bridgehead atoms. The number of nitrogens with one attached hydrogen (secondary N) is 1. The van der Waals surface area contributed by atoms with E-state index in [1.165, 1.54) is 0 Å². The lowest BCUT2D eigenvalue weighted by Crippen LogP contribution is -2.17. The fraction of sp³-hybridized carbons (Fsp3) is 0. The van der Waals surface area contributed by atoms with Gasteiger partial charge in [-0.2, -0.15) is 0 Å². The number of nitrogens with two attached hydrogens (primary N) is 1. The molecule has 0 saturated carbocycles. The van der Waals surface area contributed by atoms with E-state index in [0.29, 0.717) is 0 Å². The third kappa shape index (κ3) is 3.02. The number of anilines is 2. The molecule has 0 amide bonds. The van der Waals surface area contributed by atoms with Gasteiger partial charge in [0, 0.05) is 18.2 Å². The number of sulfonamides is 1. The van der Waals surface area contributed by atoms with Crippen molar-refractivity contribution < 1.29 is 26.7 Å². The summed E-state index contributed by atoms with van der Waals surface area (Å²) < 4.78 is 65.6. The van der Waals surface area contributed by atoms with Crippen molar-refractivity contribution in [2.24, 2.45) is 0 Å². The molecule has 4 N–H and O–H groups in total. The SMILES string of the molecule is Nc1cc(O)ccc1NS(=O)(=O)c1c(F)cc(F)cc1F. The average molecular weight is 318 g/mol. The van der Waals surface area contributed by atoms with Crippen molar-refractivity contribution in [2.45, 2.75) is 4.90 Å². The maximum atomic E-state index is 13.5. The Morgan fingerprint density at radius 3 is 2.14 bits per heavy atom. The molecule has 0 unspecified atom stereocenters. The Balaban J connectivity index is 2.48. The molecule has 0 fully saturated rings. The lowest BCUT2D eigenvalue weighted by Gasteiger charge is -2.11. The molecule has 21 heavy (non-hydrogen) atoms. The van der Waals surface area contributed by atoms with Crippen LogP contribution in [0, 0.1) is 17.5 Å². The van der Waals surface area contributed by atoms with Crippen molar-refractivity contribution in [1.82, 2.24) is 0 Å². The van der Waals surface area contributed by atoms with Crippen LogP contribution in [0.3, 0.4) is 0 Å². The first-order valence-corrected chi connectivity index (χ1v) is 6.95. The zero-order valence-electron chi connectivity index (χ0n) is 10.3. The summed E-state index contributed by atoms with van der Waals surface area (Å²) in [4.78, 5) is -1.32. The maximum Gasteiger partial charge on any atom is 0.267 e. The molecule has 0 aliphatic rings. The molecule has 2 rings (SSSR count). The molecule has 9 heteroatoms. The van der Waals surface area contributed by atoms with Crippen molar-refractivity contribution in [3.63, 3.8) is 0 Å². The topological polar surface area (TPSA) is 92.4 Å². The summed E-state index contributed by atoms with van der Waals surface area (Å²) in [5.74, 6) is -4.60. The molecular formula is C12H9F3N2O3S. The van der Waals surface area contributed by atoms with E-state index in [1.54, 1.807) is 0 Å². The van der Waals surface area contributed by atoms with Gasteiger partial charge >= 0.3 is 0 Å². The smallest absolute Gasteiger partial charge is 0.267 e. The molecule has 2 aromatic rings. The molecular weight excluding hydrogens is 309 g/mol. The normalized spacial score (nSPS) is 11.4. The highest BCUT2D eigenvalue weighted by molar-refractivity contribution is 7.92. The Morgan fingerprint density at radius 1 is 1.05 bits per heavy atom. The van der Waals surface area contributed by atoms with Crippen LogP contribution in [0.2, 0.25) is 0 Å². The first-order valence-electron chi connectivity index (χ1n) is 5.46. The van der Waals surface area contributed by atoms with Gasteiger partial charge in [0.15, 0.2) is 4.90 Å². The molecule has 0 aliphatic heterocycles. The number of aromatic hydroxyl groups is 1. The summed E-state index contributed by atoms with van der Waals surface area (Å²) in [6, 6.07) is 3.79. The lowest BCUT2D eigenvalue weighted by molar-refractivity contribution is 0.475. The zero-order valence-corrected chi connectivity index (χ0v) is 11.1. The van der Waals surface area contributed by atoms with Gasteiger partial charge in [-0.1, -0.05) is 0 Å². The second kappa shape index (κ2) is 5.17. The van der Waals surface area contributed by atoms with Crippen LogP contribution < -0.4 is 10.5 Å². The van der Waals surface area contributed by atoms with Crippen molar-refractivity contribution in [1.29, 1.82) is 0 Å². The number of phenolic OH excluding ortho intramolecular Hbond substituents is 1. The summed E-state index contributed by atoms with van der Waals surface area (Å²) in [6.45, 7) is 0. The summed E-state index contributed by atoms with van der Waals surface area (Å²) in [6.07, 6.45) is 0. The van der Waals surface area contributed by atoms with Crippen molar-refractivity contribution in [2.75, 3.05) is 10.5 Å². The minimum atomic E-state index is -4.66. The van der Waals surface area contributed by atoms with Crippen molar-refractivity contribution >= 4 is 21.4 Å². The van der Waals surface area contributed by atoms with Gasteiger partial charge in [0.05, 0.1) is 11.4 Å². The highest BCUT2D eigenvalue weighted by atomic mass is 32.2. The monoisotopic (exact) mass is 318 g/mol. The Kier molecular flexibility index (Phi) is 3.69. The number of halogens is 3. The van der Waals surface area contributed by atoms with Gasteiger partial charge in [-0.15, -0.1) is 0 Å². The second-order valence-corrected chi connectivity index (χ2v) is 5.69. The van der Waals surface area contributed by atoms with Gasteiger partial charge < -0.3 is 10.8 Å². The van der Waals surface area contributed by atoms with Gasteiger partial charge in [-0.3, -0.25) is 4.72 Å². The van der Waals surface area contributed by atoms with Crippen LogP contribution in [0.25, 0.3) is 0 Å². The predicted octanol–water partition coefficient (Wildman–Crippen LogP) is 2.19. The Hall–Kier alpha value is -2.42. The maximum absolute atomic E-state index is 13.5. The number of phenols is 1. The minimum Gasteiger partial charge on any atom is -0.508 e. The molecule has 0 heterocycles. The first kappa shape index (κ1) is 15.0. The van der Waals surface area contributed by atoms with Crippen LogP contribution in [-0.2, 0) is 10.0 Å². The number of hydrogen-bond acceptors (Lipinski definition) is 4. The van der Waals surface area contributed by atoms with Gasteiger partial charge in [0.2, 0.25) is 0 Å². The fourth-order valence-electron chi connectivity index (χ4n) is 1.62. The van der Waals surface area contributed by atoms with Crippen molar-refractivity contribution in [3.8, 4) is 5.75 Å². The second-order valence-electron chi connectivity index (χ2n) is 4.08. The van der Waals surface area contributed by atoms with Gasteiger partial charge in [0.1, 0.15) is 23.2 Å². The van der Waals surface area contributed by atoms with E-state index in [1.807, 2.05) is 4.72 Å². The van der Waals surface area contributed by atoms with Gasteiger partial charge in [-0.25, -0.2) is 21.6 Å². The van der Waals surface area contributed by atoms with E-state index < -0.39 is 32.4 Å². The average Bonchev–Trinajstić information content (AvgIpc) is 2.30. The molecule has 0 atom stereocenters. The molecule has 5 nitrogen and oxygen atoms in total. The van der Waals surface area contributed by atoms with E-state index >= 15 is 0 Å². The van der Waals surface area contributed by atoms with Crippen LogP contribution >= 0.6 is 0 Å². The molecule has 112 valence electrons. The van der Waals surface area contributed by atoms with E-state index in [4.69, 9.17) is 10.8 Å².